The summed E-state index contributed by atoms with van der Waals surface area (Å²) < 4.78 is 7.30. The smallest absolute Gasteiger partial charge is 0.178 e. The first-order valence-corrected chi connectivity index (χ1v) is 8.89. The van der Waals surface area contributed by atoms with Crippen molar-refractivity contribution >= 4 is 0 Å². The Hall–Kier alpha value is -3.25. The number of nitrogens with one attached hydrogen (secondary N) is 1. The lowest BCUT2D eigenvalue weighted by molar-refractivity contribution is 0.459. The Morgan fingerprint density at radius 1 is 0.963 bits per heavy atom. The number of hydrogen-bond acceptors (Lipinski definition) is 5. The van der Waals surface area contributed by atoms with Crippen molar-refractivity contribution in [2.45, 2.75) is 26.4 Å². The Morgan fingerprint density at radius 2 is 1.74 bits per heavy atom. The number of rotatable bonds is 6. The molecule has 0 saturated carbocycles. The number of nitrogens with zero attached hydrogens (tertiary/aromatic N) is 4. The second-order valence-electron chi connectivity index (χ2n) is 6.49. The second-order valence-corrected chi connectivity index (χ2v) is 6.49. The fourth-order valence-corrected chi connectivity index (χ4v) is 3.29. The number of aryl methyl sites for hydroxylation is 2. The van der Waals surface area contributed by atoms with Gasteiger partial charge in [-0.1, -0.05) is 48.5 Å². The molecule has 6 heteroatoms. The Balaban J connectivity index is 1.76. The van der Waals surface area contributed by atoms with Gasteiger partial charge in [0, 0.05) is 0 Å². The van der Waals surface area contributed by atoms with Crippen molar-refractivity contribution in [3.63, 3.8) is 0 Å². The Bertz CT molecular complexity index is 988. The Labute approximate surface area is 157 Å². The van der Waals surface area contributed by atoms with Crippen molar-refractivity contribution < 1.29 is 4.42 Å². The van der Waals surface area contributed by atoms with E-state index in [0.717, 1.165) is 34.0 Å². The summed E-state index contributed by atoms with van der Waals surface area (Å²) in [5.74, 6) is 1.60. The van der Waals surface area contributed by atoms with Crippen LogP contribution in [0, 0.1) is 13.8 Å². The van der Waals surface area contributed by atoms with E-state index in [0.29, 0.717) is 6.54 Å². The summed E-state index contributed by atoms with van der Waals surface area (Å²) in [7, 11) is 0. The van der Waals surface area contributed by atoms with Crippen molar-refractivity contribution in [1.29, 1.82) is 0 Å². The lowest BCUT2D eigenvalue weighted by Crippen LogP contribution is -2.25. The second kappa shape index (κ2) is 7.55. The molecule has 27 heavy (non-hydrogen) atoms. The minimum Gasteiger partial charge on any atom is -0.468 e. The van der Waals surface area contributed by atoms with Crippen LogP contribution < -0.4 is 5.32 Å². The third kappa shape index (κ3) is 3.52. The molecule has 0 spiro atoms. The number of furan rings is 1. The molecule has 1 N–H and O–H groups in total. The molecule has 0 aliphatic heterocycles. The molecule has 0 amide bonds. The van der Waals surface area contributed by atoms with E-state index in [9.17, 15) is 0 Å². The van der Waals surface area contributed by atoms with Crippen LogP contribution in [0.2, 0.25) is 0 Å². The summed E-state index contributed by atoms with van der Waals surface area (Å²) in [6.07, 6.45) is 1.68. The molecular formula is C21H21N5O. The highest BCUT2D eigenvalue weighted by Gasteiger charge is 2.23. The first kappa shape index (κ1) is 17.2. The van der Waals surface area contributed by atoms with Crippen LogP contribution in [0.5, 0.6) is 0 Å². The highest BCUT2D eigenvalue weighted by Crippen LogP contribution is 2.25. The molecule has 0 fully saturated rings. The van der Waals surface area contributed by atoms with E-state index < -0.39 is 0 Å². The van der Waals surface area contributed by atoms with Crippen molar-refractivity contribution in [3.8, 4) is 5.69 Å². The van der Waals surface area contributed by atoms with Gasteiger partial charge in [0.2, 0.25) is 0 Å². The predicted octanol–water partition coefficient (Wildman–Crippen LogP) is 3.75. The largest absolute Gasteiger partial charge is 0.468 e. The predicted molar refractivity (Wildman–Crippen MR) is 102 cm³/mol. The summed E-state index contributed by atoms with van der Waals surface area (Å²) in [5.41, 5.74) is 4.35. The van der Waals surface area contributed by atoms with Crippen LogP contribution in [0.1, 0.15) is 34.3 Å². The standard InChI is InChI=1S/C21H21N5O/c1-15-8-6-9-16(2)20(15)26-21(23-24-25-26)19(17-10-4-3-5-11-17)22-14-18-12-7-13-27-18/h3-13,19,22H,14H2,1-2H3. The number of para-hydroxylation sites is 1. The topological polar surface area (TPSA) is 68.8 Å². The lowest BCUT2D eigenvalue weighted by atomic mass is 10.0. The van der Waals surface area contributed by atoms with Gasteiger partial charge in [0.25, 0.3) is 0 Å². The van der Waals surface area contributed by atoms with Gasteiger partial charge in [-0.25, -0.2) is 0 Å². The monoisotopic (exact) mass is 359 g/mol. The summed E-state index contributed by atoms with van der Waals surface area (Å²) >= 11 is 0. The summed E-state index contributed by atoms with van der Waals surface area (Å²) in [4.78, 5) is 0. The molecule has 1 unspecified atom stereocenters. The van der Waals surface area contributed by atoms with Gasteiger partial charge in [0.15, 0.2) is 5.82 Å². The first-order valence-electron chi connectivity index (χ1n) is 8.89. The Kier molecular flexibility index (Phi) is 4.80. The van der Waals surface area contributed by atoms with E-state index in [-0.39, 0.29) is 6.04 Å². The first-order chi connectivity index (χ1) is 13.2. The molecule has 1 atom stereocenters. The van der Waals surface area contributed by atoms with Crippen LogP contribution in [0.25, 0.3) is 5.69 Å². The molecule has 2 aromatic heterocycles. The van der Waals surface area contributed by atoms with Crippen LogP contribution in [0.15, 0.2) is 71.3 Å². The van der Waals surface area contributed by atoms with Gasteiger partial charge < -0.3 is 4.42 Å². The minimum absolute atomic E-state index is 0.176. The summed E-state index contributed by atoms with van der Waals surface area (Å²) in [6.45, 7) is 4.72. The fourth-order valence-electron chi connectivity index (χ4n) is 3.29. The molecule has 136 valence electrons. The van der Waals surface area contributed by atoms with E-state index in [1.54, 1.807) is 6.26 Å². The van der Waals surface area contributed by atoms with Crippen molar-refractivity contribution in [1.82, 2.24) is 25.5 Å². The Morgan fingerprint density at radius 3 is 2.44 bits per heavy atom. The van der Waals surface area contributed by atoms with Crippen LogP contribution in [0.3, 0.4) is 0 Å². The maximum absolute atomic E-state index is 5.47. The van der Waals surface area contributed by atoms with Gasteiger partial charge in [0.1, 0.15) is 5.76 Å². The number of tetrazole rings is 1. The maximum atomic E-state index is 5.47. The molecule has 2 aromatic carbocycles. The number of aromatic nitrogens is 4. The van der Waals surface area contributed by atoms with Crippen molar-refractivity contribution in [3.05, 3.63) is 95.2 Å². The molecule has 0 saturated heterocycles. The highest BCUT2D eigenvalue weighted by molar-refractivity contribution is 5.47. The van der Waals surface area contributed by atoms with Gasteiger partial charge in [-0.3, -0.25) is 5.32 Å². The zero-order valence-electron chi connectivity index (χ0n) is 15.3. The molecular weight excluding hydrogens is 338 g/mol. The van der Waals surface area contributed by atoms with E-state index in [1.165, 1.54) is 0 Å². The van der Waals surface area contributed by atoms with Gasteiger partial charge >= 0.3 is 0 Å². The third-order valence-electron chi connectivity index (χ3n) is 4.60. The number of hydrogen-bond donors (Lipinski definition) is 1. The molecule has 0 bridgehead atoms. The lowest BCUT2D eigenvalue weighted by Gasteiger charge is -2.19. The van der Waals surface area contributed by atoms with Gasteiger partial charge in [-0.15, -0.1) is 5.10 Å². The SMILES string of the molecule is Cc1cccc(C)c1-n1nnnc1C(NCc1ccco1)c1ccccc1. The van der Waals surface area contributed by atoms with Crippen LogP contribution >= 0.6 is 0 Å². The van der Waals surface area contributed by atoms with Crippen molar-refractivity contribution in [2.24, 2.45) is 0 Å². The molecule has 0 aliphatic carbocycles. The average Bonchev–Trinajstić information content (AvgIpc) is 3.35. The van der Waals surface area contributed by atoms with Gasteiger partial charge in [0.05, 0.1) is 24.5 Å². The molecule has 4 aromatic rings. The number of benzene rings is 2. The molecule has 6 nitrogen and oxygen atoms in total. The normalized spacial score (nSPS) is 12.2. The van der Waals surface area contributed by atoms with E-state index in [2.05, 4.69) is 59.0 Å². The van der Waals surface area contributed by atoms with Crippen LogP contribution in [-0.2, 0) is 6.54 Å². The molecule has 0 radical (unpaired) electrons. The van der Waals surface area contributed by atoms with E-state index in [1.807, 2.05) is 41.1 Å². The highest BCUT2D eigenvalue weighted by atomic mass is 16.3. The summed E-state index contributed by atoms with van der Waals surface area (Å²) in [5, 5.41) is 16.2. The summed E-state index contributed by atoms with van der Waals surface area (Å²) in [6, 6.07) is 20.0. The molecule has 4 rings (SSSR count). The van der Waals surface area contributed by atoms with E-state index >= 15 is 0 Å². The quantitative estimate of drug-likeness (QED) is 0.568. The minimum atomic E-state index is -0.176. The van der Waals surface area contributed by atoms with Crippen LogP contribution in [-0.4, -0.2) is 20.2 Å². The zero-order chi connectivity index (χ0) is 18.6. The average molecular weight is 359 g/mol. The van der Waals surface area contributed by atoms with E-state index in [4.69, 9.17) is 4.42 Å². The third-order valence-corrected chi connectivity index (χ3v) is 4.60. The van der Waals surface area contributed by atoms with Crippen LogP contribution in [0.4, 0.5) is 0 Å². The van der Waals surface area contributed by atoms with Crippen molar-refractivity contribution in [2.75, 3.05) is 0 Å². The zero-order valence-corrected chi connectivity index (χ0v) is 15.3. The van der Waals surface area contributed by atoms with Gasteiger partial charge in [-0.05, 0) is 53.1 Å². The maximum Gasteiger partial charge on any atom is 0.178 e. The van der Waals surface area contributed by atoms with Gasteiger partial charge in [-0.2, -0.15) is 4.68 Å². The fraction of sp³-hybridized carbons (Fsp3) is 0.190. The molecule has 2 heterocycles. The molecule has 0 aliphatic rings.